The van der Waals surface area contributed by atoms with Gasteiger partial charge in [-0.15, -0.1) is 0 Å². The van der Waals surface area contributed by atoms with Gasteiger partial charge in [0, 0.05) is 12.8 Å². The normalized spacial score (nSPS) is 15.4. The van der Waals surface area contributed by atoms with E-state index in [1.165, 1.54) is 0 Å². The molecule has 0 spiro atoms. The largest absolute Gasteiger partial charge is 0.481 e. The molecule has 0 heterocycles. The summed E-state index contributed by atoms with van der Waals surface area (Å²) in [4.78, 5) is 110. The van der Waals surface area contributed by atoms with Crippen LogP contribution < -0.4 is 37.6 Å². The molecule has 0 aliphatic rings. The van der Waals surface area contributed by atoms with Crippen LogP contribution in [0.25, 0.3) is 0 Å². The second kappa shape index (κ2) is 22.3. The van der Waals surface area contributed by atoms with Crippen LogP contribution in [0.3, 0.4) is 0 Å². The van der Waals surface area contributed by atoms with Crippen LogP contribution in [-0.4, -0.2) is 146 Å². The molecule has 22 nitrogen and oxygen atoms in total. The molecule has 53 heavy (non-hydrogen) atoms. The summed E-state index contributed by atoms with van der Waals surface area (Å²) in [7, 11) is 0. The highest BCUT2D eigenvalue weighted by Gasteiger charge is 2.35. The molecular formula is C31H45N7O15. The van der Waals surface area contributed by atoms with Gasteiger partial charge in [-0.2, -0.15) is 0 Å². The SMILES string of the molecule is C[C@@H](O)[C@H](NC(=O)CNC(=O)[C@@H](N)CCC(=O)O)C(=O)N[C@@H](Cc1ccccc1)C(=O)N[C@H](C(=O)N[C@@H](CO)C(=O)N[C@@H](CC(=O)O)C(=O)O)[C@@H](C)O. The number of rotatable bonds is 23. The van der Waals surface area contributed by atoms with E-state index in [1.807, 2.05) is 10.6 Å². The van der Waals surface area contributed by atoms with Gasteiger partial charge < -0.3 is 68.3 Å². The number of hydrogen-bond acceptors (Lipinski definition) is 13. The molecule has 0 aliphatic heterocycles. The molecule has 0 bridgehead atoms. The molecule has 0 unspecified atom stereocenters. The minimum Gasteiger partial charge on any atom is -0.481 e. The summed E-state index contributed by atoms with van der Waals surface area (Å²) in [5.41, 5.74) is 6.08. The van der Waals surface area contributed by atoms with Crippen molar-refractivity contribution in [2.24, 2.45) is 5.73 Å². The van der Waals surface area contributed by atoms with Crippen molar-refractivity contribution < 1.29 is 73.8 Å². The van der Waals surface area contributed by atoms with Crippen LogP contribution in [0.2, 0.25) is 0 Å². The summed E-state index contributed by atoms with van der Waals surface area (Å²) in [5, 5.41) is 69.9. The molecule has 0 radical (unpaired) electrons. The number of hydrogen-bond donors (Lipinski definition) is 13. The first-order chi connectivity index (χ1) is 24.8. The number of aliphatic hydroxyl groups is 3. The van der Waals surface area contributed by atoms with Gasteiger partial charge in [0.15, 0.2) is 0 Å². The summed E-state index contributed by atoms with van der Waals surface area (Å²) >= 11 is 0. The molecule has 294 valence electrons. The third-order valence-electron chi connectivity index (χ3n) is 7.30. The van der Waals surface area contributed by atoms with Crippen LogP contribution >= 0.6 is 0 Å². The fourth-order valence-corrected chi connectivity index (χ4v) is 4.42. The molecule has 22 heteroatoms. The van der Waals surface area contributed by atoms with E-state index in [9.17, 15) is 63.6 Å². The first kappa shape index (κ1) is 45.3. The van der Waals surface area contributed by atoms with Crippen LogP contribution in [0.4, 0.5) is 0 Å². The van der Waals surface area contributed by atoms with Crippen LogP contribution in [0.1, 0.15) is 38.7 Å². The second-order valence-corrected chi connectivity index (χ2v) is 11.8. The maximum Gasteiger partial charge on any atom is 0.326 e. The Kier molecular flexibility index (Phi) is 19.0. The zero-order valence-electron chi connectivity index (χ0n) is 28.7. The Balaban J connectivity index is 3.15. The van der Waals surface area contributed by atoms with E-state index in [2.05, 4.69) is 21.3 Å². The van der Waals surface area contributed by atoms with Crippen molar-refractivity contribution >= 4 is 53.4 Å². The predicted molar refractivity (Wildman–Crippen MR) is 178 cm³/mol. The molecular weight excluding hydrogens is 710 g/mol. The van der Waals surface area contributed by atoms with E-state index in [4.69, 9.17) is 15.9 Å². The number of carboxylic acids is 3. The summed E-state index contributed by atoms with van der Waals surface area (Å²) in [6.45, 7) is 0.378. The monoisotopic (exact) mass is 755 g/mol. The minimum absolute atomic E-state index is 0.219. The predicted octanol–water partition coefficient (Wildman–Crippen LogP) is -5.73. The topological polar surface area (TPSA) is 373 Å². The van der Waals surface area contributed by atoms with Crippen LogP contribution in [0, 0.1) is 0 Å². The number of carbonyl (C=O) groups is 9. The summed E-state index contributed by atoms with van der Waals surface area (Å²) in [6.07, 6.45) is -5.14. The number of aliphatic carboxylic acids is 3. The summed E-state index contributed by atoms with van der Waals surface area (Å²) in [5.74, 6) is -11.0. The molecule has 8 atom stereocenters. The lowest BCUT2D eigenvalue weighted by Gasteiger charge is -2.28. The fraction of sp³-hybridized carbons (Fsp3) is 0.516. The Morgan fingerprint density at radius 2 is 1.17 bits per heavy atom. The van der Waals surface area contributed by atoms with Crippen molar-refractivity contribution in [1.82, 2.24) is 31.9 Å². The molecule has 6 amide bonds. The zero-order valence-corrected chi connectivity index (χ0v) is 28.7. The average Bonchev–Trinajstić information content (AvgIpc) is 3.08. The van der Waals surface area contributed by atoms with Crippen molar-refractivity contribution in [2.75, 3.05) is 13.2 Å². The van der Waals surface area contributed by atoms with E-state index < -0.39 is 128 Å². The van der Waals surface area contributed by atoms with E-state index in [-0.39, 0.29) is 12.8 Å². The lowest BCUT2D eigenvalue weighted by Crippen LogP contribution is -2.62. The Hall–Kier alpha value is -5.71. The molecule has 14 N–H and O–H groups in total. The van der Waals surface area contributed by atoms with Crippen LogP contribution in [0.15, 0.2) is 30.3 Å². The van der Waals surface area contributed by atoms with Crippen LogP contribution in [-0.2, 0) is 49.6 Å². The fourth-order valence-electron chi connectivity index (χ4n) is 4.42. The molecule has 1 aromatic rings. The van der Waals surface area contributed by atoms with Gasteiger partial charge in [0.05, 0.1) is 37.8 Å². The van der Waals surface area contributed by atoms with Crippen molar-refractivity contribution in [2.45, 2.75) is 88.0 Å². The zero-order chi connectivity index (χ0) is 40.4. The van der Waals surface area contributed by atoms with E-state index in [1.54, 1.807) is 30.3 Å². The summed E-state index contributed by atoms with van der Waals surface area (Å²) < 4.78 is 0. The van der Waals surface area contributed by atoms with Crippen molar-refractivity contribution in [3.8, 4) is 0 Å². The molecule has 1 rings (SSSR count). The van der Waals surface area contributed by atoms with Crippen molar-refractivity contribution in [1.29, 1.82) is 0 Å². The van der Waals surface area contributed by atoms with Gasteiger partial charge in [0.2, 0.25) is 35.4 Å². The Labute approximate surface area is 301 Å². The van der Waals surface area contributed by atoms with Crippen molar-refractivity contribution in [3.63, 3.8) is 0 Å². The first-order valence-electron chi connectivity index (χ1n) is 16.0. The van der Waals surface area contributed by atoms with Gasteiger partial charge >= 0.3 is 17.9 Å². The molecule has 1 aromatic carbocycles. The quantitative estimate of drug-likeness (QED) is 0.0495. The van der Waals surface area contributed by atoms with Gasteiger partial charge in [-0.1, -0.05) is 30.3 Å². The number of benzene rings is 1. The second-order valence-electron chi connectivity index (χ2n) is 11.8. The number of carboxylic acid groups (broad SMARTS) is 3. The summed E-state index contributed by atoms with van der Waals surface area (Å²) in [6, 6.07) is -2.09. The average molecular weight is 756 g/mol. The first-order valence-corrected chi connectivity index (χ1v) is 16.0. The van der Waals surface area contributed by atoms with E-state index in [0.717, 1.165) is 13.8 Å². The highest BCUT2D eigenvalue weighted by Crippen LogP contribution is 2.07. The molecule has 0 fully saturated rings. The van der Waals surface area contributed by atoms with Gasteiger partial charge in [-0.05, 0) is 25.8 Å². The molecule has 0 aliphatic carbocycles. The van der Waals surface area contributed by atoms with Gasteiger partial charge in [0.25, 0.3) is 0 Å². The van der Waals surface area contributed by atoms with E-state index in [0.29, 0.717) is 5.56 Å². The number of nitrogens with two attached hydrogens (primary N) is 1. The highest BCUT2D eigenvalue weighted by atomic mass is 16.4. The Bertz CT molecular complexity index is 1470. The molecule has 0 aromatic heterocycles. The number of nitrogens with one attached hydrogen (secondary N) is 6. The maximum atomic E-state index is 13.6. The van der Waals surface area contributed by atoms with Gasteiger partial charge in [-0.3, -0.25) is 38.4 Å². The Morgan fingerprint density at radius 3 is 1.66 bits per heavy atom. The lowest BCUT2D eigenvalue weighted by molar-refractivity contribution is -0.147. The molecule has 0 saturated carbocycles. The lowest BCUT2D eigenvalue weighted by atomic mass is 10.0. The Morgan fingerprint density at radius 1 is 0.660 bits per heavy atom. The standard InChI is InChI=1S/C31H45N7O15/c1-14(40)24(37-21(42)12-33-26(47)17(32)8-9-22(43)44)29(50)34-18(10-16-6-4-3-5-7-16)27(48)38-25(15(2)41)30(51)36-20(13-39)28(49)35-19(31(52)53)11-23(45)46/h3-7,14-15,17-20,24-25,39-41H,8-13,32H2,1-2H3,(H,33,47)(H,34,50)(H,35,49)(H,36,51)(H,37,42)(H,38,48)(H,43,44)(H,45,46)(H,52,53)/t14-,15-,17+,18+,19+,20+,24+,25+/m1/s1. The van der Waals surface area contributed by atoms with Gasteiger partial charge in [-0.25, -0.2) is 4.79 Å². The minimum atomic E-state index is -1.93. The number of aliphatic hydroxyl groups excluding tert-OH is 3. The third kappa shape index (κ3) is 16.5. The maximum absolute atomic E-state index is 13.6. The smallest absolute Gasteiger partial charge is 0.326 e. The third-order valence-corrected chi connectivity index (χ3v) is 7.30. The molecule has 0 saturated heterocycles. The number of amides is 6. The number of carbonyl (C=O) groups excluding carboxylic acids is 6. The van der Waals surface area contributed by atoms with Crippen molar-refractivity contribution in [3.05, 3.63) is 35.9 Å². The highest BCUT2D eigenvalue weighted by molar-refractivity contribution is 5.97. The van der Waals surface area contributed by atoms with Crippen LogP contribution in [0.5, 0.6) is 0 Å². The van der Waals surface area contributed by atoms with E-state index >= 15 is 0 Å². The van der Waals surface area contributed by atoms with Gasteiger partial charge in [0.1, 0.15) is 30.2 Å².